The molecular weight excluding hydrogens is 472 g/mol. The minimum Gasteiger partial charge on any atom is -0.484 e. The quantitative estimate of drug-likeness (QED) is 0.470. The summed E-state index contributed by atoms with van der Waals surface area (Å²) in [6.45, 7) is -3.60. The average molecular weight is 485 g/mol. The van der Waals surface area contributed by atoms with Gasteiger partial charge in [0.1, 0.15) is 23.0 Å². The van der Waals surface area contributed by atoms with Gasteiger partial charge >= 0.3 is 18.3 Å². The molecule has 0 aliphatic carbocycles. The van der Waals surface area contributed by atoms with E-state index in [9.17, 15) is 39.6 Å². The Labute approximate surface area is 176 Å². The highest BCUT2D eigenvalue weighted by molar-refractivity contribution is 7.92. The van der Waals surface area contributed by atoms with E-state index in [0.717, 1.165) is 18.2 Å². The predicted octanol–water partition coefficient (Wildman–Crippen LogP) is 4.04. The second kappa shape index (κ2) is 8.41. The Morgan fingerprint density at radius 1 is 0.938 bits per heavy atom. The Morgan fingerprint density at radius 2 is 1.59 bits per heavy atom. The molecule has 0 saturated carbocycles. The molecule has 0 saturated heterocycles. The first-order valence-corrected chi connectivity index (χ1v) is 10.1. The maximum atomic E-state index is 12.8. The summed E-state index contributed by atoms with van der Waals surface area (Å²) in [5, 5.41) is 0. The van der Waals surface area contributed by atoms with Crippen LogP contribution in [0.2, 0.25) is 0 Å². The maximum Gasteiger partial charge on any atom is 0.422 e. The van der Waals surface area contributed by atoms with Gasteiger partial charge in [-0.25, -0.2) is 13.2 Å². The van der Waals surface area contributed by atoms with E-state index in [1.165, 1.54) is 12.1 Å². The Morgan fingerprint density at radius 3 is 2.25 bits per heavy atom. The Balaban J connectivity index is 1.93. The van der Waals surface area contributed by atoms with Gasteiger partial charge in [0.15, 0.2) is 13.2 Å². The number of cyclic esters (lactones) is 1. The molecular formula is C18H13F6NO6S. The number of benzene rings is 2. The van der Waals surface area contributed by atoms with E-state index in [4.69, 9.17) is 4.74 Å². The summed E-state index contributed by atoms with van der Waals surface area (Å²) < 4.78 is 116. The second-order valence-corrected chi connectivity index (χ2v) is 8.12. The monoisotopic (exact) mass is 485 g/mol. The van der Waals surface area contributed by atoms with Gasteiger partial charge in [-0.05, 0) is 24.3 Å². The standard InChI is InChI=1S/C18H13F6NO6S/c19-17(20,21)8-30-12-3-4-14(31-9-18(22,23)24)15(6-12)32(27,28)25-11-2-1-10-7-29-16(26)13(10)5-11/h1-6,25H,7-9H2. The number of carbonyl (C=O) groups is 1. The lowest BCUT2D eigenvalue weighted by molar-refractivity contribution is -0.154. The maximum absolute atomic E-state index is 12.8. The van der Waals surface area contributed by atoms with Crippen LogP contribution >= 0.6 is 0 Å². The molecule has 1 aliphatic heterocycles. The third-order valence-corrected chi connectivity index (χ3v) is 5.34. The lowest BCUT2D eigenvalue weighted by atomic mass is 10.1. The van der Waals surface area contributed by atoms with E-state index in [-0.39, 0.29) is 17.9 Å². The topological polar surface area (TPSA) is 90.9 Å². The molecule has 0 aromatic heterocycles. The molecule has 2 aromatic carbocycles. The number of alkyl halides is 6. The molecule has 7 nitrogen and oxygen atoms in total. The fourth-order valence-corrected chi connectivity index (χ4v) is 3.83. The zero-order valence-electron chi connectivity index (χ0n) is 15.7. The van der Waals surface area contributed by atoms with Crippen molar-refractivity contribution < 1.29 is 53.8 Å². The summed E-state index contributed by atoms with van der Waals surface area (Å²) in [7, 11) is -4.68. The van der Waals surface area contributed by atoms with Crippen molar-refractivity contribution >= 4 is 21.7 Å². The third-order valence-electron chi connectivity index (χ3n) is 3.94. The normalized spacial score (nSPS) is 14.0. The molecule has 0 radical (unpaired) electrons. The van der Waals surface area contributed by atoms with Gasteiger partial charge in [-0.2, -0.15) is 26.3 Å². The van der Waals surface area contributed by atoms with Crippen LogP contribution in [0.3, 0.4) is 0 Å². The molecule has 0 unspecified atom stereocenters. The largest absolute Gasteiger partial charge is 0.484 e. The highest BCUT2D eigenvalue weighted by Crippen LogP contribution is 2.33. The van der Waals surface area contributed by atoms with Crippen LogP contribution in [0.25, 0.3) is 0 Å². The number of hydrogen-bond acceptors (Lipinski definition) is 6. The number of hydrogen-bond donors (Lipinski definition) is 1. The number of anilines is 1. The van der Waals surface area contributed by atoms with Gasteiger partial charge in [0.25, 0.3) is 10.0 Å². The summed E-state index contributed by atoms with van der Waals surface area (Å²) in [4.78, 5) is 10.8. The SMILES string of the molecule is O=C1OCc2ccc(NS(=O)(=O)c3cc(OCC(F)(F)F)ccc3OCC(F)(F)F)cc21. The Hall–Kier alpha value is -3.16. The van der Waals surface area contributed by atoms with Gasteiger partial charge in [-0.1, -0.05) is 6.07 Å². The van der Waals surface area contributed by atoms with Crippen LogP contribution < -0.4 is 14.2 Å². The van der Waals surface area contributed by atoms with E-state index in [1.807, 2.05) is 4.72 Å². The van der Waals surface area contributed by atoms with Gasteiger partial charge in [0.05, 0.1) is 5.56 Å². The molecule has 0 amide bonds. The molecule has 1 aliphatic rings. The van der Waals surface area contributed by atoms with Gasteiger partial charge < -0.3 is 14.2 Å². The van der Waals surface area contributed by atoms with Gasteiger partial charge in [-0.3, -0.25) is 4.72 Å². The Bertz CT molecular complexity index is 1130. The summed E-state index contributed by atoms with van der Waals surface area (Å²) in [5.74, 6) is -2.04. The molecule has 0 bridgehead atoms. The van der Waals surface area contributed by atoms with Crippen molar-refractivity contribution in [3.8, 4) is 11.5 Å². The van der Waals surface area contributed by atoms with Crippen LogP contribution in [0.5, 0.6) is 11.5 Å². The number of rotatable bonds is 7. The first-order chi connectivity index (χ1) is 14.7. The number of sulfonamides is 1. The minimum absolute atomic E-state index is 0.00475. The summed E-state index contributed by atoms with van der Waals surface area (Å²) in [6.07, 6.45) is -9.54. The average Bonchev–Trinajstić information content (AvgIpc) is 3.04. The lowest BCUT2D eigenvalue weighted by Crippen LogP contribution is -2.22. The minimum atomic E-state index is -4.81. The number of ether oxygens (including phenoxy) is 3. The molecule has 174 valence electrons. The van der Waals surface area contributed by atoms with Gasteiger partial charge in [-0.15, -0.1) is 0 Å². The molecule has 3 rings (SSSR count). The second-order valence-electron chi connectivity index (χ2n) is 6.47. The summed E-state index contributed by atoms with van der Waals surface area (Å²) in [6, 6.07) is 6.01. The number of carbonyl (C=O) groups excluding carboxylic acids is 1. The van der Waals surface area contributed by atoms with Crippen molar-refractivity contribution in [2.75, 3.05) is 17.9 Å². The van der Waals surface area contributed by atoms with Crippen molar-refractivity contribution in [3.63, 3.8) is 0 Å². The molecule has 1 N–H and O–H groups in total. The molecule has 32 heavy (non-hydrogen) atoms. The molecule has 14 heteroatoms. The highest BCUT2D eigenvalue weighted by atomic mass is 32.2. The molecule has 2 aromatic rings. The van der Waals surface area contributed by atoms with E-state index < -0.39 is 58.0 Å². The number of nitrogens with one attached hydrogen (secondary N) is 1. The van der Waals surface area contributed by atoms with Gasteiger partial charge in [0.2, 0.25) is 0 Å². The zero-order chi connectivity index (χ0) is 23.7. The highest BCUT2D eigenvalue weighted by Gasteiger charge is 2.32. The first-order valence-electron chi connectivity index (χ1n) is 8.59. The predicted molar refractivity (Wildman–Crippen MR) is 95.9 cm³/mol. The number of fused-ring (bicyclic) bond motifs is 1. The molecule has 0 spiro atoms. The summed E-state index contributed by atoms with van der Waals surface area (Å²) >= 11 is 0. The van der Waals surface area contributed by atoms with Crippen LogP contribution in [0.4, 0.5) is 32.0 Å². The Kier molecular flexibility index (Phi) is 6.18. The number of halogens is 6. The van der Waals surface area contributed by atoms with E-state index in [0.29, 0.717) is 11.6 Å². The third kappa shape index (κ3) is 5.96. The smallest absolute Gasteiger partial charge is 0.422 e. The van der Waals surface area contributed by atoms with Crippen molar-refractivity contribution in [1.29, 1.82) is 0 Å². The molecule has 0 atom stereocenters. The van der Waals surface area contributed by atoms with Crippen LogP contribution in [-0.2, 0) is 21.4 Å². The van der Waals surface area contributed by atoms with E-state index in [2.05, 4.69) is 9.47 Å². The molecule has 1 heterocycles. The van der Waals surface area contributed by atoms with Crippen LogP contribution in [0, 0.1) is 0 Å². The van der Waals surface area contributed by atoms with Gasteiger partial charge in [0, 0.05) is 17.3 Å². The summed E-state index contributed by atoms with van der Waals surface area (Å²) in [5.41, 5.74) is 0.446. The van der Waals surface area contributed by atoms with Crippen LogP contribution in [0.1, 0.15) is 15.9 Å². The van der Waals surface area contributed by atoms with Crippen LogP contribution in [-0.4, -0.2) is 40.0 Å². The number of esters is 1. The zero-order valence-corrected chi connectivity index (χ0v) is 16.5. The fourth-order valence-electron chi connectivity index (χ4n) is 2.62. The van der Waals surface area contributed by atoms with Crippen molar-refractivity contribution in [3.05, 3.63) is 47.5 Å². The van der Waals surface area contributed by atoms with E-state index in [1.54, 1.807) is 0 Å². The van der Waals surface area contributed by atoms with E-state index >= 15 is 0 Å². The van der Waals surface area contributed by atoms with Crippen molar-refractivity contribution in [1.82, 2.24) is 0 Å². The lowest BCUT2D eigenvalue weighted by Gasteiger charge is -2.16. The van der Waals surface area contributed by atoms with Crippen LogP contribution in [0.15, 0.2) is 41.3 Å². The fraction of sp³-hybridized carbons (Fsp3) is 0.278. The van der Waals surface area contributed by atoms with Crippen molar-refractivity contribution in [2.24, 2.45) is 0 Å². The molecule has 0 fully saturated rings. The first kappa shape index (κ1) is 23.5. The van der Waals surface area contributed by atoms with Crippen molar-refractivity contribution in [2.45, 2.75) is 23.9 Å².